The first-order valence-corrected chi connectivity index (χ1v) is 4.31. The van der Waals surface area contributed by atoms with Crippen molar-refractivity contribution in [1.29, 1.82) is 0 Å². The molecular weight excluding hydrogens is 234 g/mol. The summed E-state index contributed by atoms with van der Waals surface area (Å²) in [6.07, 6.45) is 0.833. The molecule has 1 aliphatic rings. The van der Waals surface area contributed by atoms with E-state index in [9.17, 15) is 19.2 Å². The number of aromatic nitrogens is 3. The fourth-order valence-corrected chi connectivity index (χ4v) is 0.403. The van der Waals surface area contributed by atoms with Crippen LogP contribution in [0.5, 0.6) is 0 Å². The molecule has 9 nitrogen and oxygen atoms in total. The van der Waals surface area contributed by atoms with Crippen LogP contribution in [0, 0.1) is 0 Å². The number of epoxide rings is 1. The molecule has 1 saturated heterocycles. The van der Waals surface area contributed by atoms with Crippen LogP contribution in [0.15, 0.2) is 27.0 Å². The van der Waals surface area contributed by atoms with Gasteiger partial charge in [0.2, 0.25) is 0 Å². The minimum atomic E-state index is -0.981. The van der Waals surface area contributed by atoms with Crippen molar-refractivity contribution in [3.8, 4) is 0 Å². The monoisotopic (exact) mass is 245 g/mol. The maximum atomic E-state index is 10.2. The predicted octanol–water partition coefficient (Wildman–Crippen LogP) is -1.97. The molecule has 0 aliphatic carbocycles. The fourth-order valence-electron chi connectivity index (χ4n) is 0.403. The summed E-state index contributed by atoms with van der Waals surface area (Å²) in [7, 11) is 0. The maximum absolute atomic E-state index is 10.2. The van der Waals surface area contributed by atoms with E-state index in [1.54, 1.807) is 15.0 Å². The van der Waals surface area contributed by atoms with Gasteiger partial charge in [0.1, 0.15) is 0 Å². The zero-order chi connectivity index (χ0) is 13.3. The highest BCUT2D eigenvalue weighted by Gasteiger charge is 1.94. The average Bonchev–Trinajstić information content (AvgIpc) is 3.02. The SMILES string of the molecule is C1CO1.C=CC(=O)O.O=c1[nH]c(=O)[nH]c(=O)[nH]1. The zero-order valence-corrected chi connectivity index (χ0v) is 8.69. The quantitative estimate of drug-likeness (QED) is 0.333. The second kappa shape index (κ2) is 7.82. The third kappa shape index (κ3) is 11.5. The van der Waals surface area contributed by atoms with Crippen molar-refractivity contribution in [2.45, 2.75) is 0 Å². The molecule has 1 aromatic heterocycles. The van der Waals surface area contributed by atoms with E-state index in [4.69, 9.17) is 5.11 Å². The number of aliphatic carboxylic acids is 1. The van der Waals surface area contributed by atoms with Crippen LogP contribution in [0.3, 0.4) is 0 Å². The zero-order valence-electron chi connectivity index (χ0n) is 8.69. The third-order valence-corrected chi connectivity index (χ3v) is 1.06. The van der Waals surface area contributed by atoms with Crippen LogP contribution in [0.4, 0.5) is 0 Å². The van der Waals surface area contributed by atoms with Gasteiger partial charge in [-0.05, 0) is 0 Å². The Labute approximate surface area is 93.8 Å². The lowest BCUT2D eigenvalue weighted by Crippen LogP contribution is -2.34. The van der Waals surface area contributed by atoms with Gasteiger partial charge in [0, 0.05) is 6.08 Å². The van der Waals surface area contributed by atoms with Gasteiger partial charge in [-0.2, -0.15) is 0 Å². The van der Waals surface area contributed by atoms with Crippen molar-refractivity contribution in [2.24, 2.45) is 0 Å². The standard InChI is InChI=1S/C3H3N3O3.C3H4O2.C2H4O/c7-1-4-2(8)6-3(9)5-1;1-2-3(4)5;1-2-3-1/h(H3,4,5,6,7,8,9);2H,1H2,(H,4,5);1-2H2. The Hall–Kier alpha value is -2.42. The highest BCUT2D eigenvalue weighted by atomic mass is 16.6. The summed E-state index contributed by atoms with van der Waals surface area (Å²) in [6.45, 7) is 4.96. The van der Waals surface area contributed by atoms with Crippen molar-refractivity contribution in [3.63, 3.8) is 0 Å². The molecule has 2 heterocycles. The third-order valence-electron chi connectivity index (χ3n) is 1.06. The number of H-pyrrole nitrogens is 3. The van der Waals surface area contributed by atoms with Crippen molar-refractivity contribution < 1.29 is 14.6 Å². The van der Waals surface area contributed by atoms with Crippen LogP contribution in [-0.2, 0) is 9.53 Å². The van der Waals surface area contributed by atoms with E-state index in [0.29, 0.717) is 0 Å². The van der Waals surface area contributed by atoms with E-state index in [-0.39, 0.29) is 0 Å². The molecule has 17 heavy (non-hydrogen) atoms. The maximum Gasteiger partial charge on any atom is 0.330 e. The molecule has 2 rings (SSSR count). The van der Waals surface area contributed by atoms with Gasteiger partial charge in [0.05, 0.1) is 13.2 Å². The van der Waals surface area contributed by atoms with E-state index in [1.165, 1.54) is 0 Å². The highest BCUT2D eigenvalue weighted by Crippen LogP contribution is 1.84. The molecule has 94 valence electrons. The average molecular weight is 245 g/mol. The Morgan fingerprint density at radius 2 is 1.35 bits per heavy atom. The number of hydrogen-bond donors (Lipinski definition) is 4. The van der Waals surface area contributed by atoms with Crippen molar-refractivity contribution in [2.75, 3.05) is 13.2 Å². The second-order valence-corrected chi connectivity index (χ2v) is 2.52. The summed E-state index contributed by atoms with van der Waals surface area (Å²) >= 11 is 0. The van der Waals surface area contributed by atoms with E-state index in [1.807, 2.05) is 0 Å². The Kier molecular flexibility index (Phi) is 6.71. The number of nitrogens with one attached hydrogen (secondary N) is 3. The Balaban J connectivity index is 0.000000268. The Morgan fingerprint density at radius 3 is 1.47 bits per heavy atom. The molecule has 4 N–H and O–H groups in total. The molecule has 0 aromatic carbocycles. The number of carboxylic acid groups (broad SMARTS) is 1. The first-order valence-electron chi connectivity index (χ1n) is 4.31. The lowest BCUT2D eigenvalue weighted by molar-refractivity contribution is -0.131. The molecule has 9 heteroatoms. The van der Waals surface area contributed by atoms with Gasteiger partial charge in [0.25, 0.3) is 0 Å². The number of ether oxygens (including phenoxy) is 1. The van der Waals surface area contributed by atoms with E-state index < -0.39 is 23.0 Å². The van der Waals surface area contributed by atoms with Gasteiger partial charge in [0.15, 0.2) is 0 Å². The molecule has 0 radical (unpaired) electrons. The molecule has 0 saturated carbocycles. The highest BCUT2D eigenvalue weighted by molar-refractivity contribution is 5.78. The number of aromatic amines is 3. The second-order valence-electron chi connectivity index (χ2n) is 2.52. The van der Waals surface area contributed by atoms with E-state index in [2.05, 4.69) is 11.3 Å². The molecule has 1 aromatic rings. The van der Waals surface area contributed by atoms with Crippen LogP contribution < -0.4 is 17.1 Å². The number of hydrogen-bond acceptors (Lipinski definition) is 5. The normalized spacial score (nSPS) is 11.1. The molecular formula is C8H11N3O6. The summed E-state index contributed by atoms with van der Waals surface area (Å²) in [4.78, 5) is 45.2. The molecule has 0 bridgehead atoms. The largest absolute Gasteiger partial charge is 0.478 e. The van der Waals surface area contributed by atoms with E-state index >= 15 is 0 Å². The summed E-state index contributed by atoms with van der Waals surface area (Å²) in [5.74, 6) is -0.981. The first kappa shape index (κ1) is 14.6. The van der Waals surface area contributed by atoms with Gasteiger partial charge in [-0.25, -0.2) is 19.2 Å². The van der Waals surface area contributed by atoms with E-state index in [0.717, 1.165) is 19.3 Å². The lowest BCUT2D eigenvalue weighted by atomic mass is 10.7. The van der Waals surface area contributed by atoms with Gasteiger partial charge < -0.3 is 9.84 Å². The topological polar surface area (TPSA) is 148 Å². The summed E-state index contributed by atoms with van der Waals surface area (Å²) in [5.41, 5.74) is -2.41. The molecule has 0 atom stereocenters. The summed E-state index contributed by atoms with van der Waals surface area (Å²) in [6, 6.07) is 0. The van der Waals surface area contributed by atoms with Gasteiger partial charge >= 0.3 is 23.0 Å². The van der Waals surface area contributed by atoms with Gasteiger partial charge in [-0.3, -0.25) is 15.0 Å². The van der Waals surface area contributed by atoms with Crippen LogP contribution in [0.25, 0.3) is 0 Å². The predicted molar refractivity (Wildman–Crippen MR) is 57.0 cm³/mol. The van der Waals surface area contributed by atoms with Crippen LogP contribution in [0.1, 0.15) is 0 Å². The van der Waals surface area contributed by atoms with Crippen molar-refractivity contribution in [3.05, 3.63) is 44.1 Å². The van der Waals surface area contributed by atoms with Crippen LogP contribution in [-0.4, -0.2) is 39.2 Å². The van der Waals surface area contributed by atoms with Crippen LogP contribution >= 0.6 is 0 Å². The minimum Gasteiger partial charge on any atom is -0.478 e. The number of carbonyl (C=O) groups is 1. The van der Waals surface area contributed by atoms with Gasteiger partial charge in [-0.1, -0.05) is 6.58 Å². The molecule has 0 unspecified atom stereocenters. The number of rotatable bonds is 1. The summed E-state index contributed by atoms with van der Waals surface area (Å²) in [5, 5.41) is 7.60. The van der Waals surface area contributed by atoms with Crippen molar-refractivity contribution >= 4 is 5.97 Å². The fraction of sp³-hybridized carbons (Fsp3) is 0.250. The van der Waals surface area contributed by atoms with Crippen molar-refractivity contribution in [1.82, 2.24) is 15.0 Å². The molecule has 0 amide bonds. The van der Waals surface area contributed by atoms with Gasteiger partial charge in [-0.15, -0.1) is 0 Å². The molecule has 1 aliphatic heterocycles. The molecule has 0 spiro atoms. The summed E-state index contributed by atoms with van der Waals surface area (Å²) < 4.78 is 4.50. The smallest absolute Gasteiger partial charge is 0.330 e. The Morgan fingerprint density at radius 1 is 1.12 bits per heavy atom. The Bertz CT molecular complexity index is 442. The number of carboxylic acids is 1. The first-order chi connectivity index (χ1) is 7.95. The molecule has 1 fully saturated rings. The minimum absolute atomic E-state index is 0.802. The lowest BCUT2D eigenvalue weighted by Gasteiger charge is -1.77. The van der Waals surface area contributed by atoms with Crippen LogP contribution in [0.2, 0.25) is 0 Å².